The van der Waals surface area contributed by atoms with Crippen molar-refractivity contribution in [1.29, 1.82) is 0 Å². The van der Waals surface area contributed by atoms with Gasteiger partial charge in [0.1, 0.15) is 0 Å². The lowest BCUT2D eigenvalue weighted by Gasteiger charge is -2.39. The van der Waals surface area contributed by atoms with Gasteiger partial charge < -0.3 is 5.32 Å². The highest BCUT2D eigenvalue weighted by molar-refractivity contribution is 4.92. The highest BCUT2D eigenvalue weighted by Gasteiger charge is 2.36. The topological polar surface area (TPSA) is 15.3 Å². The van der Waals surface area contributed by atoms with Crippen molar-refractivity contribution in [2.24, 2.45) is 5.92 Å². The fourth-order valence-corrected chi connectivity index (χ4v) is 2.78. The molecule has 0 aromatic heterocycles. The van der Waals surface area contributed by atoms with E-state index in [4.69, 9.17) is 0 Å². The Labute approximate surface area is 102 Å². The SMILES string of the molecule is CC(C)NCC(C)C(C)N1CCCC1(C)C. The Bertz CT molecular complexity index is 211. The van der Waals surface area contributed by atoms with Crippen LogP contribution in [0.2, 0.25) is 0 Å². The van der Waals surface area contributed by atoms with Gasteiger partial charge in [-0.3, -0.25) is 4.90 Å². The van der Waals surface area contributed by atoms with Crippen LogP contribution in [0.15, 0.2) is 0 Å². The molecule has 0 aliphatic carbocycles. The van der Waals surface area contributed by atoms with E-state index in [0.717, 1.165) is 12.5 Å². The summed E-state index contributed by atoms with van der Waals surface area (Å²) in [5.41, 5.74) is 0.408. The highest BCUT2D eigenvalue weighted by atomic mass is 15.2. The molecule has 1 rings (SSSR count). The molecule has 1 aliphatic rings. The molecule has 2 nitrogen and oxygen atoms in total. The van der Waals surface area contributed by atoms with Gasteiger partial charge in [-0.05, 0) is 52.6 Å². The molecule has 0 spiro atoms. The van der Waals surface area contributed by atoms with E-state index in [9.17, 15) is 0 Å². The van der Waals surface area contributed by atoms with Crippen LogP contribution in [0.4, 0.5) is 0 Å². The molecule has 0 bridgehead atoms. The number of hydrogen-bond donors (Lipinski definition) is 1. The Morgan fingerprint density at radius 2 is 1.81 bits per heavy atom. The van der Waals surface area contributed by atoms with Crippen LogP contribution in [0.3, 0.4) is 0 Å². The van der Waals surface area contributed by atoms with Crippen molar-refractivity contribution >= 4 is 0 Å². The van der Waals surface area contributed by atoms with Crippen LogP contribution < -0.4 is 5.32 Å². The number of nitrogens with one attached hydrogen (secondary N) is 1. The molecule has 16 heavy (non-hydrogen) atoms. The Balaban J connectivity index is 2.46. The van der Waals surface area contributed by atoms with E-state index in [2.05, 4.69) is 51.8 Å². The zero-order valence-electron chi connectivity index (χ0n) is 12.0. The largest absolute Gasteiger partial charge is 0.314 e. The van der Waals surface area contributed by atoms with Gasteiger partial charge in [0.15, 0.2) is 0 Å². The number of likely N-dealkylation sites (tertiary alicyclic amines) is 1. The summed E-state index contributed by atoms with van der Waals surface area (Å²) in [7, 11) is 0. The molecule has 0 saturated carbocycles. The normalized spacial score (nSPS) is 24.9. The maximum Gasteiger partial charge on any atom is 0.0156 e. The minimum atomic E-state index is 0.408. The summed E-state index contributed by atoms with van der Waals surface area (Å²) in [6.07, 6.45) is 2.71. The van der Waals surface area contributed by atoms with Gasteiger partial charge in [-0.25, -0.2) is 0 Å². The summed E-state index contributed by atoms with van der Waals surface area (Å²) in [5, 5.41) is 3.55. The van der Waals surface area contributed by atoms with Gasteiger partial charge in [0.2, 0.25) is 0 Å². The summed E-state index contributed by atoms with van der Waals surface area (Å²) in [5.74, 6) is 0.722. The van der Waals surface area contributed by atoms with E-state index in [-0.39, 0.29) is 0 Å². The smallest absolute Gasteiger partial charge is 0.0156 e. The van der Waals surface area contributed by atoms with E-state index in [1.807, 2.05) is 0 Å². The molecule has 1 saturated heterocycles. The monoisotopic (exact) mass is 226 g/mol. The van der Waals surface area contributed by atoms with E-state index < -0.39 is 0 Å². The van der Waals surface area contributed by atoms with E-state index in [1.165, 1.54) is 19.4 Å². The molecule has 0 amide bonds. The lowest BCUT2D eigenvalue weighted by molar-refractivity contribution is 0.0911. The van der Waals surface area contributed by atoms with E-state index in [1.54, 1.807) is 0 Å². The minimum Gasteiger partial charge on any atom is -0.314 e. The average Bonchev–Trinajstić information content (AvgIpc) is 2.53. The zero-order valence-corrected chi connectivity index (χ0v) is 12.0. The fourth-order valence-electron chi connectivity index (χ4n) is 2.78. The van der Waals surface area contributed by atoms with Crippen LogP contribution >= 0.6 is 0 Å². The number of rotatable bonds is 5. The molecule has 1 fully saturated rings. The average molecular weight is 226 g/mol. The second-order valence-electron chi connectivity index (χ2n) is 6.39. The maximum absolute atomic E-state index is 3.55. The first-order chi connectivity index (χ1) is 7.34. The summed E-state index contributed by atoms with van der Waals surface area (Å²) < 4.78 is 0. The summed E-state index contributed by atoms with van der Waals surface area (Å²) >= 11 is 0. The van der Waals surface area contributed by atoms with Crippen molar-refractivity contribution in [2.45, 2.75) is 72.0 Å². The summed E-state index contributed by atoms with van der Waals surface area (Å²) in [6.45, 7) is 16.4. The summed E-state index contributed by atoms with van der Waals surface area (Å²) in [6, 6.07) is 1.28. The second kappa shape index (κ2) is 5.50. The predicted octanol–water partition coefficient (Wildman–Crippen LogP) is 2.88. The summed E-state index contributed by atoms with van der Waals surface area (Å²) in [4.78, 5) is 2.69. The Morgan fingerprint density at radius 3 is 2.25 bits per heavy atom. The van der Waals surface area contributed by atoms with Gasteiger partial charge in [-0.1, -0.05) is 20.8 Å². The highest BCUT2D eigenvalue weighted by Crippen LogP contribution is 2.32. The third kappa shape index (κ3) is 3.46. The van der Waals surface area contributed by atoms with Crippen molar-refractivity contribution in [1.82, 2.24) is 10.2 Å². The van der Waals surface area contributed by atoms with Crippen LogP contribution in [0.25, 0.3) is 0 Å². The number of nitrogens with zero attached hydrogens (tertiary/aromatic N) is 1. The molecule has 0 aromatic carbocycles. The third-order valence-electron chi connectivity index (χ3n) is 4.13. The van der Waals surface area contributed by atoms with Crippen LogP contribution in [-0.4, -0.2) is 35.6 Å². The molecule has 2 unspecified atom stereocenters. The molecular formula is C14H30N2. The Morgan fingerprint density at radius 1 is 1.19 bits per heavy atom. The van der Waals surface area contributed by atoms with E-state index >= 15 is 0 Å². The van der Waals surface area contributed by atoms with Gasteiger partial charge >= 0.3 is 0 Å². The van der Waals surface area contributed by atoms with Crippen LogP contribution in [0.5, 0.6) is 0 Å². The molecule has 96 valence electrons. The molecular weight excluding hydrogens is 196 g/mol. The first-order valence-electron chi connectivity index (χ1n) is 6.84. The van der Waals surface area contributed by atoms with Gasteiger partial charge in [0, 0.05) is 17.6 Å². The van der Waals surface area contributed by atoms with Crippen LogP contribution in [0.1, 0.15) is 54.4 Å². The van der Waals surface area contributed by atoms with Crippen LogP contribution in [0, 0.1) is 5.92 Å². The molecule has 1 aliphatic heterocycles. The van der Waals surface area contributed by atoms with Crippen molar-refractivity contribution < 1.29 is 0 Å². The minimum absolute atomic E-state index is 0.408. The maximum atomic E-state index is 3.55. The van der Waals surface area contributed by atoms with Gasteiger partial charge in [-0.2, -0.15) is 0 Å². The second-order valence-corrected chi connectivity index (χ2v) is 6.39. The van der Waals surface area contributed by atoms with Crippen molar-refractivity contribution in [2.75, 3.05) is 13.1 Å². The standard InChI is InChI=1S/C14H30N2/c1-11(2)15-10-12(3)13(4)16-9-7-8-14(16,5)6/h11-13,15H,7-10H2,1-6H3. The van der Waals surface area contributed by atoms with Gasteiger partial charge in [0.05, 0.1) is 0 Å². The van der Waals surface area contributed by atoms with Gasteiger partial charge in [0.25, 0.3) is 0 Å². The lowest BCUT2D eigenvalue weighted by atomic mass is 9.95. The Kier molecular flexibility index (Phi) is 4.81. The molecule has 1 heterocycles. The zero-order chi connectivity index (χ0) is 12.3. The van der Waals surface area contributed by atoms with Crippen LogP contribution in [-0.2, 0) is 0 Å². The first-order valence-corrected chi connectivity index (χ1v) is 6.84. The Hall–Kier alpha value is -0.0800. The van der Waals surface area contributed by atoms with Crippen molar-refractivity contribution in [3.8, 4) is 0 Å². The van der Waals surface area contributed by atoms with E-state index in [0.29, 0.717) is 17.6 Å². The molecule has 0 aromatic rings. The molecule has 1 N–H and O–H groups in total. The lowest BCUT2D eigenvalue weighted by Crippen LogP contribution is -2.49. The quantitative estimate of drug-likeness (QED) is 0.775. The first kappa shape index (κ1) is 14.0. The number of hydrogen-bond acceptors (Lipinski definition) is 2. The molecule has 2 heteroatoms. The van der Waals surface area contributed by atoms with Crippen molar-refractivity contribution in [3.63, 3.8) is 0 Å². The molecule has 0 radical (unpaired) electrons. The third-order valence-corrected chi connectivity index (χ3v) is 4.13. The molecule has 2 atom stereocenters. The predicted molar refractivity (Wildman–Crippen MR) is 71.8 cm³/mol. The van der Waals surface area contributed by atoms with Crippen molar-refractivity contribution in [3.05, 3.63) is 0 Å². The fraction of sp³-hybridized carbons (Fsp3) is 1.00. The van der Waals surface area contributed by atoms with Gasteiger partial charge in [-0.15, -0.1) is 0 Å².